The molecule has 4 unspecified atom stereocenters. The molecule has 2 aromatic rings. The summed E-state index contributed by atoms with van der Waals surface area (Å²) in [5.41, 5.74) is 2.73. The molecule has 0 aliphatic carbocycles. The smallest absolute Gasteiger partial charge is 0.275 e. The van der Waals surface area contributed by atoms with Crippen molar-refractivity contribution in [3.63, 3.8) is 0 Å². The quantitative estimate of drug-likeness (QED) is 0.873. The van der Waals surface area contributed by atoms with Gasteiger partial charge in [-0.25, -0.2) is 0 Å². The zero-order valence-corrected chi connectivity index (χ0v) is 12.7. The number of amides is 1. The maximum absolute atomic E-state index is 13.2. The summed E-state index contributed by atoms with van der Waals surface area (Å²) in [5.74, 6) is 0.792. The van der Waals surface area contributed by atoms with Gasteiger partial charge in [0.25, 0.3) is 5.91 Å². The molecule has 3 aliphatic rings. The molecule has 0 saturated carbocycles. The van der Waals surface area contributed by atoms with Gasteiger partial charge in [0.2, 0.25) is 0 Å². The molecule has 3 aliphatic heterocycles. The third-order valence-corrected chi connectivity index (χ3v) is 5.73. The Morgan fingerprint density at radius 3 is 3.18 bits per heavy atom. The summed E-state index contributed by atoms with van der Waals surface area (Å²) in [6, 6.07) is 6.93. The third kappa shape index (κ3) is 1.63. The van der Waals surface area contributed by atoms with Gasteiger partial charge in [-0.15, -0.1) is 0 Å². The molecule has 1 aromatic carbocycles. The number of aryl methyl sites for hydroxylation is 1. The Hall–Kier alpha value is -1.88. The number of aromatic amines is 1. The van der Waals surface area contributed by atoms with E-state index in [1.165, 1.54) is 18.5 Å². The van der Waals surface area contributed by atoms with Crippen LogP contribution in [0.1, 0.15) is 28.9 Å². The normalized spacial score (nSPS) is 32.9. The highest BCUT2D eigenvalue weighted by molar-refractivity contribution is 6.05. The summed E-state index contributed by atoms with van der Waals surface area (Å²) >= 11 is 0. The molecule has 0 radical (unpaired) electrons. The summed E-state index contributed by atoms with van der Waals surface area (Å²) in [6.07, 6.45) is 2.29. The second-order valence-electron chi connectivity index (χ2n) is 7.10. The molecule has 3 saturated heterocycles. The fourth-order valence-electron chi connectivity index (χ4n) is 4.79. The highest BCUT2D eigenvalue weighted by Gasteiger charge is 2.50. The van der Waals surface area contributed by atoms with Crippen LogP contribution in [0.15, 0.2) is 18.2 Å². The molecule has 114 valence electrons. The molecule has 1 amide bonds. The van der Waals surface area contributed by atoms with Crippen molar-refractivity contribution >= 4 is 16.8 Å². The molecular formula is C17H20N4O. The van der Waals surface area contributed by atoms with Gasteiger partial charge in [0.1, 0.15) is 0 Å². The van der Waals surface area contributed by atoms with Crippen LogP contribution in [0, 0.1) is 12.8 Å². The predicted molar refractivity (Wildman–Crippen MR) is 83.7 cm³/mol. The topological polar surface area (TPSA) is 52.2 Å². The van der Waals surface area contributed by atoms with Crippen LogP contribution in [0.4, 0.5) is 0 Å². The van der Waals surface area contributed by atoms with Crippen molar-refractivity contribution in [1.82, 2.24) is 20.0 Å². The Morgan fingerprint density at radius 2 is 2.27 bits per heavy atom. The molecule has 5 heteroatoms. The monoisotopic (exact) mass is 296 g/mol. The fourth-order valence-corrected chi connectivity index (χ4v) is 4.79. The van der Waals surface area contributed by atoms with Gasteiger partial charge in [-0.05, 0) is 37.3 Å². The first-order valence-corrected chi connectivity index (χ1v) is 8.20. The number of likely N-dealkylation sites (tertiary alicyclic amines) is 1. The van der Waals surface area contributed by atoms with Crippen LogP contribution in [0.2, 0.25) is 0 Å². The van der Waals surface area contributed by atoms with Gasteiger partial charge in [0.05, 0.1) is 5.52 Å². The first-order valence-electron chi connectivity index (χ1n) is 8.20. The zero-order chi connectivity index (χ0) is 14.8. The average Bonchev–Trinajstić information content (AvgIpc) is 2.98. The van der Waals surface area contributed by atoms with Crippen molar-refractivity contribution in [3.05, 3.63) is 29.5 Å². The Balaban J connectivity index is 1.56. The van der Waals surface area contributed by atoms with Gasteiger partial charge in [0.15, 0.2) is 5.69 Å². The molecule has 4 heterocycles. The summed E-state index contributed by atoms with van der Waals surface area (Å²) in [7, 11) is 0. The number of hydrogen-bond acceptors (Lipinski definition) is 3. The maximum Gasteiger partial charge on any atom is 0.275 e. The summed E-state index contributed by atoms with van der Waals surface area (Å²) in [4.78, 5) is 17.8. The minimum absolute atomic E-state index is 0.122. The van der Waals surface area contributed by atoms with E-state index in [1.807, 2.05) is 12.1 Å². The van der Waals surface area contributed by atoms with Crippen molar-refractivity contribution in [2.45, 2.75) is 31.8 Å². The second kappa shape index (κ2) is 4.32. The standard InChI is InChI=1S/C17H20N4O/c1-10-2-3-13-14(6-10)18-19-16(13)17(22)21-12-7-11-8-20(9-12)5-4-15(11)21/h2-3,6,11-12,15H,4-5,7-9H2,1H3,(H,18,19). The molecule has 5 rings (SSSR count). The highest BCUT2D eigenvalue weighted by Crippen LogP contribution is 2.41. The molecule has 5 nitrogen and oxygen atoms in total. The number of H-pyrrole nitrogens is 1. The molecule has 22 heavy (non-hydrogen) atoms. The van der Waals surface area contributed by atoms with Crippen molar-refractivity contribution in [1.29, 1.82) is 0 Å². The van der Waals surface area contributed by atoms with Gasteiger partial charge >= 0.3 is 0 Å². The van der Waals surface area contributed by atoms with Crippen molar-refractivity contribution < 1.29 is 4.79 Å². The van der Waals surface area contributed by atoms with Gasteiger partial charge in [-0.1, -0.05) is 12.1 Å². The highest BCUT2D eigenvalue weighted by atomic mass is 16.2. The molecule has 1 aromatic heterocycles. The largest absolute Gasteiger partial charge is 0.330 e. The minimum Gasteiger partial charge on any atom is -0.330 e. The fraction of sp³-hybridized carbons (Fsp3) is 0.529. The Kier molecular flexibility index (Phi) is 2.48. The molecule has 0 spiro atoms. The molecule has 3 fully saturated rings. The minimum atomic E-state index is 0.122. The first kappa shape index (κ1) is 12.6. The average molecular weight is 296 g/mol. The van der Waals surface area contributed by atoms with Gasteiger partial charge in [-0.3, -0.25) is 9.89 Å². The molecular weight excluding hydrogens is 276 g/mol. The van der Waals surface area contributed by atoms with E-state index in [-0.39, 0.29) is 5.91 Å². The number of aromatic nitrogens is 2. The number of fused-ring (bicyclic) bond motifs is 3. The van der Waals surface area contributed by atoms with Gasteiger partial charge < -0.3 is 9.80 Å². The number of carbonyl (C=O) groups excluding carboxylic acids is 1. The van der Waals surface area contributed by atoms with E-state index in [4.69, 9.17) is 0 Å². The van der Waals surface area contributed by atoms with Crippen LogP contribution in [0.25, 0.3) is 10.9 Å². The van der Waals surface area contributed by atoms with E-state index in [9.17, 15) is 4.79 Å². The van der Waals surface area contributed by atoms with Gasteiger partial charge in [-0.2, -0.15) is 5.10 Å². The lowest BCUT2D eigenvalue weighted by Crippen LogP contribution is -2.44. The first-order chi connectivity index (χ1) is 10.7. The van der Waals surface area contributed by atoms with E-state index in [0.717, 1.165) is 30.4 Å². The summed E-state index contributed by atoms with van der Waals surface area (Å²) in [6.45, 7) is 5.41. The predicted octanol–water partition coefficient (Wildman–Crippen LogP) is 1.79. The number of hydrogen-bond donors (Lipinski definition) is 1. The van der Waals surface area contributed by atoms with Crippen LogP contribution < -0.4 is 0 Å². The molecule has 4 atom stereocenters. The van der Waals surface area contributed by atoms with Crippen LogP contribution >= 0.6 is 0 Å². The molecule has 3 bridgehead atoms. The molecule has 1 N–H and O–H groups in total. The van der Waals surface area contributed by atoms with E-state index in [1.54, 1.807) is 0 Å². The third-order valence-electron chi connectivity index (χ3n) is 5.73. The Morgan fingerprint density at radius 1 is 1.36 bits per heavy atom. The lowest BCUT2D eigenvalue weighted by molar-refractivity contribution is 0.0668. The lowest BCUT2D eigenvalue weighted by atomic mass is 9.89. The number of nitrogens with zero attached hydrogens (tertiary/aromatic N) is 3. The number of carbonyl (C=O) groups is 1. The lowest BCUT2D eigenvalue weighted by Gasteiger charge is -2.35. The van der Waals surface area contributed by atoms with E-state index in [2.05, 4.69) is 33.0 Å². The van der Waals surface area contributed by atoms with Crippen LogP contribution in [-0.2, 0) is 0 Å². The van der Waals surface area contributed by atoms with Crippen LogP contribution in [0.3, 0.4) is 0 Å². The van der Waals surface area contributed by atoms with E-state index >= 15 is 0 Å². The zero-order valence-electron chi connectivity index (χ0n) is 12.7. The Labute approximate surface area is 129 Å². The van der Waals surface area contributed by atoms with Crippen molar-refractivity contribution in [2.75, 3.05) is 19.6 Å². The van der Waals surface area contributed by atoms with Crippen LogP contribution in [-0.4, -0.2) is 57.6 Å². The van der Waals surface area contributed by atoms with Gasteiger partial charge in [0, 0.05) is 37.1 Å². The second-order valence-corrected chi connectivity index (χ2v) is 7.10. The number of benzene rings is 1. The van der Waals surface area contributed by atoms with E-state index in [0.29, 0.717) is 23.7 Å². The Bertz CT molecular complexity index is 767. The van der Waals surface area contributed by atoms with Crippen molar-refractivity contribution in [2.24, 2.45) is 5.92 Å². The van der Waals surface area contributed by atoms with Crippen LogP contribution in [0.5, 0.6) is 0 Å². The van der Waals surface area contributed by atoms with Crippen molar-refractivity contribution in [3.8, 4) is 0 Å². The summed E-state index contributed by atoms with van der Waals surface area (Å²) in [5, 5.41) is 8.33. The number of piperidine rings is 2. The van der Waals surface area contributed by atoms with E-state index < -0.39 is 0 Å². The SMILES string of the molecule is Cc1ccc2c(C(=O)N3C4CC5CN(CCC53)C4)n[nH]c2c1. The maximum atomic E-state index is 13.2. The summed E-state index contributed by atoms with van der Waals surface area (Å²) < 4.78 is 0. The number of rotatable bonds is 1. The number of nitrogens with one attached hydrogen (secondary N) is 1.